The third kappa shape index (κ3) is 3.78. The average molecular weight is 390 g/mol. The standard InChI is InChI=1S/C13H16ClN5O5S/c1-3-17(8-10-7-16-12(14)25-10)9-5-13(18(20)21,19(22)23)11(15-6-9)24-4-2/h5-7,11H,3-4,8H2,1-2H3. The van der Waals surface area contributed by atoms with Gasteiger partial charge in [-0.05, 0) is 13.8 Å². The molecule has 136 valence electrons. The van der Waals surface area contributed by atoms with Crippen molar-refractivity contribution in [2.45, 2.75) is 32.3 Å². The van der Waals surface area contributed by atoms with Gasteiger partial charge in [0, 0.05) is 30.4 Å². The minimum atomic E-state index is -2.67. The molecule has 1 aromatic heterocycles. The van der Waals surface area contributed by atoms with Crippen LogP contribution in [0.3, 0.4) is 0 Å². The normalized spacial score (nSPS) is 18.7. The SMILES string of the molecule is CCOC1N=CC(N(CC)Cc2cnc(Cl)s2)=CC1([N+](=O)[O-])[N+](=O)[O-]. The summed E-state index contributed by atoms with van der Waals surface area (Å²) in [6.45, 7) is 4.28. The number of nitrogens with zero attached hydrogens (tertiary/aromatic N) is 5. The van der Waals surface area contributed by atoms with Crippen LogP contribution < -0.4 is 0 Å². The number of halogens is 1. The maximum Gasteiger partial charge on any atom is 0.524 e. The lowest BCUT2D eigenvalue weighted by Crippen LogP contribution is -2.56. The number of hydrogen-bond acceptors (Lipinski definition) is 9. The summed E-state index contributed by atoms with van der Waals surface area (Å²) in [5, 5.41) is 23.1. The first-order valence-electron chi connectivity index (χ1n) is 7.36. The Balaban J connectivity index is 2.40. The van der Waals surface area contributed by atoms with Crippen molar-refractivity contribution in [2.24, 2.45) is 4.99 Å². The van der Waals surface area contributed by atoms with Crippen molar-refractivity contribution in [1.29, 1.82) is 0 Å². The number of rotatable bonds is 8. The molecule has 0 saturated carbocycles. The molecular weight excluding hydrogens is 374 g/mol. The van der Waals surface area contributed by atoms with Crippen molar-refractivity contribution < 1.29 is 14.6 Å². The van der Waals surface area contributed by atoms with Gasteiger partial charge in [0.2, 0.25) is 0 Å². The lowest BCUT2D eigenvalue weighted by Gasteiger charge is -2.29. The van der Waals surface area contributed by atoms with Crippen LogP contribution in [0.1, 0.15) is 18.7 Å². The molecule has 0 amide bonds. The molecule has 12 heteroatoms. The fraction of sp³-hybridized carbons (Fsp3) is 0.538. The number of aliphatic imine (C=N–C) groups is 1. The van der Waals surface area contributed by atoms with Crippen molar-refractivity contribution in [3.63, 3.8) is 0 Å². The maximum absolute atomic E-state index is 11.5. The number of nitro groups is 2. The van der Waals surface area contributed by atoms with Crippen molar-refractivity contribution in [3.05, 3.63) is 47.5 Å². The number of allylic oxidation sites excluding steroid dienone is 1. The van der Waals surface area contributed by atoms with Gasteiger partial charge >= 0.3 is 5.66 Å². The number of dihydropyridines is 1. The van der Waals surface area contributed by atoms with Crippen molar-refractivity contribution in [2.75, 3.05) is 13.2 Å². The van der Waals surface area contributed by atoms with E-state index >= 15 is 0 Å². The minimum Gasteiger partial charge on any atom is -0.365 e. The second-order valence-electron chi connectivity index (χ2n) is 5.05. The van der Waals surface area contributed by atoms with Gasteiger partial charge in [0.1, 0.15) is 9.85 Å². The highest BCUT2D eigenvalue weighted by molar-refractivity contribution is 7.15. The number of hydrogen-bond donors (Lipinski definition) is 0. The predicted molar refractivity (Wildman–Crippen MR) is 91.9 cm³/mol. The molecule has 0 bridgehead atoms. The molecule has 0 aromatic carbocycles. The summed E-state index contributed by atoms with van der Waals surface area (Å²) in [5.74, 6) is 0. The molecule has 1 atom stereocenters. The highest BCUT2D eigenvalue weighted by Gasteiger charge is 2.64. The van der Waals surface area contributed by atoms with E-state index in [4.69, 9.17) is 16.3 Å². The van der Waals surface area contributed by atoms with E-state index in [-0.39, 0.29) is 12.3 Å². The number of ether oxygens (including phenoxy) is 1. The predicted octanol–water partition coefficient (Wildman–Crippen LogP) is 2.20. The Hall–Kier alpha value is -2.11. The van der Waals surface area contributed by atoms with Crippen molar-refractivity contribution in [3.8, 4) is 0 Å². The summed E-state index contributed by atoms with van der Waals surface area (Å²) >= 11 is 7.07. The first kappa shape index (κ1) is 19.2. The molecule has 1 aliphatic heterocycles. The van der Waals surface area contributed by atoms with E-state index in [1.54, 1.807) is 18.0 Å². The summed E-state index contributed by atoms with van der Waals surface area (Å²) in [7, 11) is 0. The van der Waals surface area contributed by atoms with E-state index in [1.165, 1.54) is 17.6 Å². The monoisotopic (exact) mass is 389 g/mol. The van der Waals surface area contributed by atoms with Gasteiger partial charge in [0.25, 0.3) is 6.23 Å². The Bertz CT molecular complexity index is 707. The molecule has 0 spiro atoms. The average Bonchev–Trinajstić information content (AvgIpc) is 2.98. The molecule has 0 radical (unpaired) electrons. The summed E-state index contributed by atoms with van der Waals surface area (Å²) < 4.78 is 5.51. The van der Waals surface area contributed by atoms with Crippen LogP contribution in [0.5, 0.6) is 0 Å². The Morgan fingerprint density at radius 1 is 1.40 bits per heavy atom. The topological polar surface area (TPSA) is 124 Å². The summed E-state index contributed by atoms with van der Waals surface area (Å²) in [6, 6.07) is 0. The van der Waals surface area contributed by atoms with Crippen LogP contribution in [-0.2, 0) is 11.3 Å². The van der Waals surface area contributed by atoms with Gasteiger partial charge in [0.15, 0.2) is 4.47 Å². The zero-order valence-corrected chi connectivity index (χ0v) is 15.1. The van der Waals surface area contributed by atoms with Crippen LogP contribution in [0.25, 0.3) is 0 Å². The zero-order valence-electron chi connectivity index (χ0n) is 13.5. The van der Waals surface area contributed by atoms with E-state index in [2.05, 4.69) is 9.98 Å². The lowest BCUT2D eigenvalue weighted by atomic mass is 10.1. The van der Waals surface area contributed by atoms with E-state index in [1.807, 2.05) is 6.92 Å². The maximum atomic E-state index is 11.5. The van der Waals surface area contributed by atoms with Crippen LogP contribution in [0, 0.1) is 20.2 Å². The van der Waals surface area contributed by atoms with Gasteiger partial charge < -0.3 is 9.64 Å². The zero-order chi connectivity index (χ0) is 18.6. The molecule has 10 nitrogen and oxygen atoms in total. The third-order valence-corrected chi connectivity index (χ3v) is 4.69. The summed E-state index contributed by atoms with van der Waals surface area (Å²) in [4.78, 5) is 31.6. The molecule has 1 unspecified atom stereocenters. The molecule has 0 aliphatic carbocycles. The van der Waals surface area contributed by atoms with E-state index in [9.17, 15) is 20.2 Å². The molecule has 0 fully saturated rings. The number of thiazole rings is 1. The Morgan fingerprint density at radius 3 is 2.56 bits per heavy atom. The highest BCUT2D eigenvalue weighted by atomic mass is 35.5. The molecule has 25 heavy (non-hydrogen) atoms. The Morgan fingerprint density at radius 2 is 2.08 bits per heavy atom. The minimum absolute atomic E-state index is 0.0610. The van der Waals surface area contributed by atoms with Crippen molar-refractivity contribution in [1.82, 2.24) is 9.88 Å². The molecule has 2 heterocycles. The van der Waals surface area contributed by atoms with E-state index in [0.29, 0.717) is 17.6 Å². The van der Waals surface area contributed by atoms with Crippen LogP contribution >= 0.6 is 22.9 Å². The van der Waals surface area contributed by atoms with E-state index < -0.39 is 21.7 Å². The molecule has 0 saturated heterocycles. The molecule has 2 rings (SSSR count). The second-order valence-corrected chi connectivity index (χ2v) is 6.74. The van der Waals surface area contributed by atoms with Gasteiger partial charge in [-0.1, -0.05) is 11.6 Å². The van der Waals surface area contributed by atoms with Crippen LogP contribution in [0.15, 0.2) is 23.0 Å². The molecule has 0 N–H and O–H groups in total. The highest BCUT2D eigenvalue weighted by Crippen LogP contribution is 2.29. The van der Waals surface area contributed by atoms with Crippen LogP contribution in [0.2, 0.25) is 4.47 Å². The smallest absolute Gasteiger partial charge is 0.365 e. The molecule has 1 aromatic rings. The van der Waals surface area contributed by atoms with Gasteiger partial charge in [0.05, 0.1) is 18.3 Å². The fourth-order valence-electron chi connectivity index (χ4n) is 2.36. The largest absolute Gasteiger partial charge is 0.524 e. The third-order valence-electron chi connectivity index (χ3n) is 3.59. The fourth-order valence-corrected chi connectivity index (χ4v) is 3.35. The van der Waals surface area contributed by atoms with Gasteiger partial charge in [-0.25, -0.2) is 9.98 Å². The van der Waals surface area contributed by atoms with E-state index in [0.717, 1.165) is 11.0 Å². The first-order valence-corrected chi connectivity index (χ1v) is 8.56. The van der Waals surface area contributed by atoms with Gasteiger partial charge in [-0.3, -0.25) is 20.2 Å². The van der Waals surface area contributed by atoms with Gasteiger partial charge in [-0.15, -0.1) is 11.3 Å². The van der Waals surface area contributed by atoms with Crippen LogP contribution in [-0.4, -0.2) is 51.0 Å². The molecule has 1 aliphatic rings. The second kappa shape index (κ2) is 7.85. The lowest BCUT2D eigenvalue weighted by molar-refractivity contribution is -0.791. The van der Waals surface area contributed by atoms with Crippen LogP contribution in [0.4, 0.5) is 0 Å². The Labute approximate surface area is 152 Å². The Kier molecular flexibility index (Phi) is 6.03. The molecular formula is C13H16ClN5O5S. The van der Waals surface area contributed by atoms with Gasteiger partial charge in [-0.2, -0.15) is 0 Å². The quantitative estimate of drug-likeness (QED) is 0.379. The number of aromatic nitrogens is 1. The summed E-state index contributed by atoms with van der Waals surface area (Å²) in [5.41, 5.74) is -2.39. The summed E-state index contributed by atoms with van der Waals surface area (Å²) in [6.07, 6.45) is 2.42. The van der Waals surface area contributed by atoms with Crippen molar-refractivity contribution >= 4 is 29.2 Å². The first-order chi connectivity index (χ1) is 11.8.